The maximum atomic E-state index is 8.47. The van der Waals surface area contributed by atoms with Gasteiger partial charge in [-0.15, -0.1) is 12.4 Å². The van der Waals surface area contributed by atoms with Gasteiger partial charge in [-0.2, -0.15) is 0 Å². The average Bonchev–Trinajstić information content (AvgIpc) is 2.21. The summed E-state index contributed by atoms with van der Waals surface area (Å²) in [5.74, 6) is 0.829. The summed E-state index contributed by atoms with van der Waals surface area (Å²) in [4.78, 5) is 6.51. The third kappa shape index (κ3) is 5.02. The lowest BCUT2D eigenvalue weighted by Crippen LogP contribution is -2.37. The maximum Gasteiger partial charge on any atom is 0.145 e. The molecule has 0 radical (unpaired) electrons. The Bertz CT molecular complexity index is 219. The smallest absolute Gasteiger partial charge is 0.145 e. The van der Waals surface area contributed by atoms with Crippen molar-refractivity contribution in [3.05, 3.63) is 0 Å². The van der Waals surface area contributed by atoms with E-state index >= 15 is 0 Å². The fraction of sp³-hybridized carbons (Fsp3) is 0.800. The number of nitrogens with zero attached hydrogens (tertiary/aromatic N) is 3. The number of hydrogen-bond donors (Lipinski definition) is 1. The van der Waals surface area contributed by atoms with E-state index in [0.29, 0.717) is 0 Å². The fourth-order valence-corrected chi connectivity index (χ4v) is 1.62. The summed E-state index contributed by atoms with van der Waals surface area (Å²) in [5, 5.41) is 11.5. The molecule has 0 aromatic carbocycles. The third-order valence-corrected chi connectivity index (χ3v) is 2.39. The van der Waals surface area contributed by atoms with Gasteiger partial charge >= 0.3 is 0 Å². The van der Waals surface area contributed by atoms with Crippen LogP contribution in [0.1, 0.15) is 32.6 Å². The molecule has 0 saturated heterocycles. The molecule has 0 aromatic heterocycles. The van der Waals surface area contributed by atoms with Crippen molar-refractivity contribution >= 4 is 24.5 Å². The third-order valence-electron chi connectivity index (χ3n) is 2.39. The summed E-state index contributed by atoms with van der Waals surface area (Å²) in [5.41, 5.74) is 0. The first-order valence-electron chi connectivity index (χ1n) is 5.35. The van der Waals surface area contributed by atoms with Crippen LogP contribution in [0.4, 0.5) is 0 Å². The standard InChI is InChI=1S/C10H19N3O.ClH/c1-2-3-4-7-13-8-5-6-11-10(13)9-12-14;/h9,14H,2-8H2,1H3;1H. The summed E-state index contributed by atoms with van der Waals surface area (Å²) in [6.07, 6.45) is 6.21. The molecule has 4 nitrogen and oxygen atoms in total. The Morgan fingerprint density at radius 2 is 2.33 bits per heavy atom. The molecule has 0 aliphatic carbocycles. The van der Waals surface area contributed by atoms with E-state index in [2.05, 4.69) is 22.0 Å². The quantitative estimate of drug-likeness (QED) is 0.342. The zero-order valence-electron chi connectivity index (χ0n) is 9.22. The highest BCUT2D eigenvalue weighted by atomic mass is 35.5. The normalized spacial score (nSPS) is 16.3. The van der Waals surface area contributed by atoms with Crippen molar-refractivity contribution in [1.82, 2.24) is 4.90 Å². The van der Waals surface area contributed by atoms with Crippen LogP contribution in [0.2, 0.25) is 0 Å². The minimum absolute atomic E-state index is 0. The Kier molecular flexibility index (Phi) is 8.09. The zero-order valence-corrected chi connectivity index (χ0v) is 10.0. The Hall–Kier alpha value is -0.770. The van der Waals surface area contributed by atoms with Crippen LogP contribution in [0.3, 0.4) is 0 Å². The van der Waals surface area contributed by atoms with Gasteiger partial charge in [0.15, 0.2) is 0 Å². The highest BCUT2D eigenvalue weighted by molar-refractivity contribution is 6.29. The van der Waals surface area contributed by atoms with E-state index in [4.69, 9.17) is 5.21 Å². The van der Waals surface area contributed by atoms with Gasteiger partial charge in [0.05, 0.1) is 0 Å². The van der Waals surface area contributed by atoms with Crippen molar-refractivity contribution in [2.75, 3.05) is 19.6 Å². The van der Waals surface area contributed by atoms with Crippen LogP contribution in [0.15, 0.2) is 10.1 Å². The molecule has 0 amide bonds. The Morgan fingerprint density at radius 1 is 1.53 bits per heavy atom. The predicted molar refractivity (Wildman–Crippen MR) is 65.5 cm³/mol. The first-order chi connectivity index (χ1) is 6.88. The summed E-state index contributed by atoms with van der Waals surface area (Å²) in [6.45, 7) is 5.11. The molecule has 1 rings (SSSR count). The fourth-order valence-electron chi connectivity index (χ4n) is 1.62. The maximum absolute atomic E-state index is 8.47. The highest BCUT2D eigenvalue weighted by Crippen LogP contribution is 2.05. The Labute approximate surface area is 97.5 Å². The molecule has 0 saturated carbocycles. The molecule has 0 atom stereocenters. The molecule has 0 bridgehead atoms. The number of unbranched alkanes of at least 4 members (excludes halogenated alkanes) is 2. The Balaban J connectivity index is 0.00000196. The van der Waals surface area contributed by atoms with Gasteiger partial charge in [0.25, 0.3) is 0 Å². The van der Waals surface area contributed by atoms with E-state index in [1.54, 1.807) is 0 Å². The van der Waals surface area contributed by atoms with Crippen LogP contribution < -0.4 is 0 Å². The van der Waals surface area contributed by atoms with Crippen molar-refractivity contribution < 1.29 is 5.21 Å². The van der Waals surface area contributed by atoms with Gasteiger partial charge in [-0.3, -0.25) is 4.99 Å². The molecule has 1 aliphatic rings. The summed E-state index contributed by atoms with van der Waals surface area (Å²) in [7, 11) is 0. The SMILES string of the molecule is CCCCCN1CCCN=C1C=NO.Cl. The van der Waals surface area contributed by atoms with E-state index < -0.39 is 0 Å². The number of rotatable bonds is 5. The van der Waals surface area contributed by atoms with Crippen molar-refractivity contribution in [2.45, 2.75) is 32.6 Å². The van der Waals surface area contributed by atoms with Gasteiger partial charge < -0.3 is 10.1 Å². The van der Waals surface area contributed by atoms with Crippen molar-refractivity contribution in [1.29, 1.82) is 0 Å². The van der Waals surface area contributed by atoms with E-state index in [0.717, 1.165) is 31.9 Å². The van der Waals surface area contributed by atoms with Crippen LogP contribution in [-0.4, -0.2) is 41.8 Å². The van der Waals surface area contributed by atoms with E-state index in [9.17, 15) is 0 Å². The number of hydrogen-bond acceptors (Lipinski definition) is 4. The van der Waals surface area contributed by atoms with Gasteiger partial charge in [0.1, 0.15) is 12.1 Å². The average molecular weight is 234 g/mol. The number of oxime groups is 1. The molecule has 1 aliphatic heterocycles. The van der Waals surface area contributed by atoms with Crippen LogP contribution in [-0.2, 0) is 0 Å². The van der Waals surface area contributed by atoms with Gasteiger partial charge in [0, 0.05) is 19.6 Å². The van der Waals surface area contributed by atoms with Crippen molar-refractivity contribution in [2.24, 2.45) is 10.1 Å². The second-order valence-corrected chi connectivity index (χ2v) is 3.53. The van der Waals surface area contributed by atoms with Gasteiger partial charge in [-0.05, 0) is 12.8 Å². The van der Waals surface area contributed by atoms with Crippen molar-refractivity contribution in [3.8, 4) is 0 Å². The molecule has 1 heterocycles. The predicted octanol–water partition coefficient (Wildman–Crippen LogP) is 2.16. The molecule has 0 aromatic rings. The first kappa shape index (κ1) is 14.2. The summed E-state index contributed by atoms with van der Waals surface area (Å²) < 4.78 is 0. The van der Waals surface area contributed by atoms with Gasteiger partial charge in [0.2, 0.25) is 0 Å². The lowest BCUT2D eigenvalue weighted by molar-refractivity contribution is 0.320. The molecule has 5 heteroatoms. The number of amidine groups is 1. The Morgan fingerprint density at radius 3 is 3.00 bits per heavy atom. The zero-order chi connectivity index (χ0) is 10.2. The molecular formula is C10H20ClN3O. The minimum atomic E-state index is 0. The van der Waals surface area contributed by atoms with Gasteiger partial charge in [-0.25, -0.2) is 0 Å². The topological polar surface area (TPSA) is 48.2 Å². The second-order valence-electron chi connectivity index (χ2n) is 3.53. The monoisotopic (exact) mass is 233 g/mol. The summed E-state index contributed by atoms with van der Waals surface area (Å²) >= 11 is 0. The van der Waals surface area contributed by atoms with E-state index in [1.807, 2.05) is 0 Å². The van der Waals surface area contributed by atoms with Gasteiger partial charge in [-0.1, -0.05) is 24.9 Å². The molecule has 0 unspecified atom stereocenters. The molecule has 0 fully saturated rings. The number of aliphatic imine (C=N–C) groups is 1. The lowest BCUT2D eigenvalue weighted by Gasteiger charge is -2.26. The molecule has 15 heavy (non-hydrogen) atoms. The second kappa shape index (κ2) is 8.53. The molecule has 0 spiro atoms. The molecule has 88 valence electrons. The largest absolute Gasteiger partial charge is 0.411 e. The first-order valence-corrected chi connectivity index (χ1v) is 5.35. The van der Waals surface area contributed by atoms with Crippen LogP contribution >= 0.6 is 12.4 Å². The molecular weight excluding hydrogens is 214 g/mol. The van der Waals surface area contributed by atoms with Crippen molar-refractivity contribution in [3.63, 3.8) is 0 Å². The van der Waals surface area contributed by atoms with E-state index in [-0.39, 0.29) is 12.4 Å². The highest BCUT2D eigenvalue weighted by Gasteiger charge is 2.12. The summed E-state index contributed by atoms with van der Waals surface area (Å²) in [6, 6.07) is 0. The van der Waals surface area contributed by atoms with Crippen LogP contribution in [0.25, 0.3) is 0 Å². The number of halogens is 1. The van der Waals surface area contributed by atoms with Crippen LogP contribution in [0, 0.1) is 0 Å². The minimum Gasteiger partial charge on any atom is -0.411 e. The lowest BCUT2D eigenvalue weighted by atomic mass is 10.2. The molecule has 1 N–H and O–H groups in total. The van der Waals surface area contributed by atoms with Crippen LogP contribution in [0.5, 0.6) is 0 Å². The van der Waals surface area contributed by atoms with E-state index in [1.165, 1.54) is 25.5 Å².